The highest BCUT2D eigenvalue weighted by atomic mass is 32.2. The molecule has 0 saturated heterocycles. The van der Waals surface area contributed by atoms with E-state index in [0.29, 0.717) is 16.7 Å². The molecule has 5 unspecified atom stereocenters. The second kappa shape index (κ2) is 20.7. The number of aromatic nitrogens is 3. The van der Waals surface area contributed by atoms with E-state index >= 15 is 0 Å². The number of nitriles is 3. The Hall–Kier alpha value is -4.86. The summed E-state index contributed by atoms with van der Waals surface area (Å²) in [7, 11) is -8.38. The Morgan fingerprint density at radius 3 is 1.13 bits per heavy atom. The zero-order valence-electron chi connectivity index (χ0n) is 27.9. The summed E-state index contributed by atoms with van der Waals surface area (Å²) in [6, 6.07) is 5.98. The zero-order valence-corrected chi connectivity index (χ0v) is 30.4. The smallest absolute Gasteiger partial charge is 0.251 e. The summed E-state index contributed by atoms with van der Waals surface area (Å²) in [6.45, 7) is 3.04. The van der Waals surface area contributed by atoms with Gasteiger partial charge in [-0.25, -0.2) is 12.6 Å². The van der Waals surface area contributed by atoms with Crippen LogP contribution in [0.4, 0.5) is 39.5 Å². The largest absolute Gasteiger partial charge is 0.433 e. The Morgan fingerprint density at radius 1 is 0.582 bits per heavy atom. The lowest BCUT2D eigenvalue weighted by Gasteiger charge is -2.13. The van der Waals surface area contributed by atoms with Gasteiger partial charge in [0, 0.05) is 37.4 Å². The molecule has 0 saturated carbocycles. The maximum atomic E-state index is 12.3. The summed E-state index contributed by atoms with van der Waals surface area (Å²) in [5, 5.41) is 23.7. The maximum absolute atomic E-state index is 12.3. The number of alkyl halides is 9. The maximum Gasteiger partial charge on any atom is 0.433 e. The highest BCUT2D eigenvalue weighted by molar-refractivity contribution is 7.93. The molecule has 0 fully saturated rings. The predicted octanol–water partition coefficient (Wildman–Crippen LogP) is 8.93. The molecule has 3 aromatic rings. The Kier molecular flexibility index (Phi) is 19.7. The van der Waals surface area contributed by atoms with Crippen LogP contribution in [-0.4, -0.2) is 46.3 Å². The molecular formula is C31H36F9N9O3S3. The van der Waals surface area contributed by atoms with Crippen LogP contribution in [0.3, 0.4) is 0 Å². The summed E-state index contributed by atoms with van der Waals surface area (Å²) in [6.07, 6.45) is -2.41. The monoisotopic (exact) mass is 849 g/mol. The highest BCUT2D eigenvalue weighted by Gasteiger charge is 2.34. The molecule has 0 N–H and O–H groups in total. The van der Waals surface area contributed by atoms with E-state index in [1.54, 1.807) is 0 Å². The Labute approximate surface area is 314 Å². The molecule has 0 radical (unpaired) electrons. The molecule has 24 heteroatoms. The third-order valence-electron chi connectivity index (χ3n) is 6.63. The van der Waals surface area contributed by atoms with Crippen molar-refractivity contribution in [1.29, 1.82) is 15.8 Å². The second-order valence-electron chi connectivity index (χ2n) is 10.7. The highest BCUT2D eigenvalue weighted by Crippen LogP contribution is 2.31. The van der Waals surface area contributed by atoms with E-state index in [9.17, 15) is 52.1 Å². The zero-order chi connectivity index (χ0) is 41.1. The standard InChI is InChI=1S/2C10H10F3N3OS.C9H8F3N3OS.2CH4/c2*1-7(18(2,17)16-6-14)8-3-4-9(15-5-8)10(11,12)13;1-17(16,15-6-13)5-7-2-3-8(14-4-7)9(10,11)12;;/h2*3-5,7H,1-2H3;2-4H,5H2,1H3;2*1H4. The number of hydrogen-bond acceptors (Lipinski definition) is 12. The van der Waals surface area contributed by atoms with Crippen LogP contribution in [0, 0.1) is 34.4 Å². The predicted molar refractivity (Wildman–Crippen MR) is 188 cm³/mol. The first-order valence-electron chi connectivity index (χ1n) is 14.0. The number of halogens is 9. The van der Waals surface area contributed by atoms with Crippen molar-refractivity contribution >= 4 is 29.2 Å². The average molecular weight is 850 g/mol. The molecule has 12 nitrogen and oxygen atoms in total. The van der Waals surface area contributed by atoms with Gasteiger partial charge in [-0.1, -0.05) is 33.1 Å². The molecule has 304 valence electrons. The third-order valence-corrected chi connectivity index (χ3v) is 12.0. The van der Waals surface area contributed by atoms with Gasteiger partial charge in [0.25, 0.3) is 0 Å². The number of rotatable bonds is 6. The Morgan fingerprint density at radius 2 is 0.891 bits per heavy atom. The lowest BCUT2D eigenvalue weighted by molar-refractivity contribution is -0.142. The molecule has 0 bridgehead atoms. The molecular weight excluding hydrogens is 814 g/mol. The van der Waals surface area contributed by atoms with Crippen molar-refractivity contribution in [3.05, 3.63) is 88.8 Å². The fourth-order valence-electron chi connectivity index (χ4n) is 3.56. The first kappa shape index (κ1) is 52.2. The van der Waals surface area contributed by atoms with Crippen molar-refractivity contribution in [2.24, 2.45) is 13.1 Å². The minimum Gasteiger partial charge on any atom is -0.251 e. The molecule has 0 aliphatic carbocycles. The molecule has 3 rings (SSSR count). The van der Waals surface area contributed by atoms with Crippen LogP contribution in [0.2, 0.25) is 0 Å². The van der Waals surface area contributed by atoms with Gasteiger partial charge in [0.1, 0.15) is 17.1 Å². The van der Waals surface area contributed by atoms with Crippen molar-refractivity contribution in [3.8, 4) is 18.6 Å². The Balaban J connectivity index is 0. The van der Waals surface area contributed by atoms with E-state index in [1.807, 2.05) is 0 Å². The fourth-order valence-corrected chi connectivity index (χ4v) is 6.51. The van der Waals surface area contributed by atoms with Crippen molar-refractivity contribution in [1.82, 2.24) is 15.0 Å². The number of nitrogens with zero attached hydrogens (tertiary/aromatic N) is 9. The molecule has 3 heterocycles. The first-order chi connectivity index (χ1) is 24.1. The van der Waals surface area contributed by atoms with Crippen LogP contribution < -0.4 is 0 Å². The molecule has 0 aliphatic heterocycles. The van der Waals surface area contributed by atoms with Gasteiger partial charge >= 0.3 is 18.5 Å². The van der Waals surface area contributed by atoms with Crippen molar-refractivity contribution in [2.45, 2.75) is 63.5 Å². The normalized spacial score (nSPS) is 15.3. The molecule has 0 aliphatic rings. The van der Waals surface area contributed by atoms with Crippen molar-refractivity contribution in [2.75, 3.05) is 18.8 Å². The van der Waals surface area contributed by atoms with Gasteiger partial charge in [0.15, 0.2) is 0 Å². The summed E-state index contributed by atoms with van der Waals surface area (Å²) >= 11 is 0. The Bertz CT molecular complexity index is 2110. The van der Waals surface area contributed by atoms with Crippen LogP contribution in [0.15, 0.2) is 68.1 Å². The molecule has 55 heavy (non-hydrogen) atoms. The first-order valence-corrected chi connectivity index (χ1v) is 20.0. The number of hydrogen-bond donors (Lipinski definition) is 0. The summed E-state index contributed by atoms with van der Waals surface area (Å²) < 4.78 is 156. The lowest BCUT2D eigenvalue weighted by atomic mass is 10.2. The van der Waals surface area contributed by atoms with Crippen molar-refractivity contribution in [3.63, 3.8) is 0 Å². The van der Waals surface area contributed by atoms with E-state index in [4.69, 9.17) is 15.8 Å². The second-order valence-corrected chi connectivity index (χ2v) is 18.3. The minimum atomic E-state index is -4.51. The van der Waals surface area contributed by atoms with Crippen LogP contribution in [-0.2, 0) is 53.5 Å². The van der Waals surface area contributed by atoms with Crippen LogP contribution in [0.1, 0.15) is 73.0 Å². The van der Waals surface area contributed by atoms with Gasteiger partial charge < -0.3 is 0 Å². The van der Waals surface area contributed by atoms with Gasteiger partial charge in [-0.2, -0.15) is 55.3 Å². The SMILES string of the molecule is C.C.CC(c1ccc(C(F)(F)F)nc1)S(C)(=O)=NC#N.CC(c1ccc(C(F)(F)F)nc1)S(C)(=O)=NC#N.CS(=O)(Cc1ccc(C(F)(F)F)nc1)=NC#N. The van der Waals surface area contributed by atoms with E-state index in [1.165, 1.54) is 69.4 Å². The molecule has 5 atom stereocenters. The van der Waals surface area contributed by atoms with Crippen LogP contribution in [0.25, 0.3) is 0 Å². The molecule has 0 amide bonds. The average Bonchev–Trinajstić information content (AvgIpc) is 3.03. The van der Waals surface area contributed by atoms with Crippen LogP contribution in [0.5, 0.6) is 0 Å². The van der Waals surface area contributed by atoms with Gasteiger partial charge in [-0.05, 0) is 48.7 Å². The lowest BCUT2D eigenvalue weighted by Crippen LogP contribution is -2.11. The summed E-state index contributed by atoms with van der Waals surface area (Å²) in [5.74, 6) is -0.105. The minimum absolute atomic E-state index is 0. The van der Waals surface area contributed by atoms with E-state index < -0.39 is 75.3 Å². The summed E-state index contributed by atoms with van der Waals surface area (Å²) in [4.78, 5) is 9.76. The van der Waals surface area contributed by atoms with Crippen molar-refractivity contribution < 1.29 is 52.1 Å². The molecule has 3 aromatic heterocycles. The number of pyridine rings is 3. The molecule has 0 aromatic carbocycles. The van der Waals surface area contributed by atoms with Crippen LogP contribution >= 0.6 is 0 Å². The topological polar surface area (TPSA) is 198 Å². The van der Waals surface area contributed by atoms with E-state index in [0.717, 1.165) is 36.8 Å². The third kappa shape index (κ3) is 17.0. The quantitative estimate of drug-likeness (QED) is 0.172. The molecule has 0 spiro atoms. The van der Waals surface area contributed by atoms with E-state index in [-0.39, 0.29) is 20.6 Å². The van der Waals surface area contributed by atoms with E-state index in [2.05, 4.69) is 28.0 Å². The van der Waals surface area contributed by atoms with Gasteiger partial charge in [-0.15, -0.1) is 13.1 Å². The van der Waals surface area contributed by atoms with Gasteiger partial charge in [-0.3, -0.25) is 15.0 Å². The van der Waals surface area contributed by atoms with Gasteiger partial charge in [0.05, 0.1) is 45.4 Å². The summed E-state index contributed by atoms with van der Waals surface area (Å²) in [5.41, 5.74) is -2.02. The van der Waals surface area contributed by atoms with Gasteiger partial charge in [0.2, 0.25) is 18.6 Å². The fraction of sp³-hybridized carbons (Fsp3) is 0.419.